The lowest BCUT2D eigenvalue weighted by Gasteiger charge is -2.25. The van der Waals surface area contributed by atoms with Crippen LogP contribution < -0.4 is 10.6 Å². The lowest BCUT2D eigenvalue weighted by Crippen LogP contribution is -2.38. The molecule has 0 saturated heterocycles. The zero-order chi connectivity index (χ0) is 10.1. The molecule has 2 N–H and O–H groups in total. The van der Waals surface area contributed by atoms with Crippen LogP contribution in [-0.4, -0.2) is 11.9 Å². The highest BCUT2D eigenvalue weighted by molar-refractivity contribution is 9.10. The number of hydrogen-bond acceptors (Lipinski definition) is 2. The topological polar surface area (TPSA) is 41.1 Å². The van der Waals surface area contributed by atoms with Crippen LogP contribution in [0.25, 0.3) is 0 Å². The van der Waals surface area contributed by atoms with Crippen molar-refractivity contribution in [1.29, 1.82) is 0 Å². The second kappa shape index (κ2) is 3.61. The third-order valence-electron chi connectivity index (χ3n) is 2.29. The van der Waals surface area contributed by atoms with E-state index in [1.165, 1.54) is 0 Å². The summed E-state index contributed by atoms with van der Waals surface area (Å²) in [5.41, 5.74) is 1.83. The van der Waals surface area contributed by atoms with E-state index in [1.807, 2.05) is 25.1 Å². The maximum absolute atomic E-state index is 11.5. The Labute approximate surface area is 91.0 Å². The number of carbonyl (C=O) groups is 1. The summed E-state index contributed by atoms with van der Waals surface area (Å²) in [6.07, 6.45) is 0.789. The van der Waals surface area contributed by atoms with Crippen molar-refractivity contribution in [3.63, 3.8) is 0 Å². The van der Waals surface area contributed by atoms with E-state index in [1.54, 1.807) is 0 Å². The zero-order valence-electron chi connectivity index (χ0n) is 7.80. The predicted molar refractivity (Wildman–Crippen MR) is 60.5 cm³/mol. The third kappa shape index (κ3) is 1.62. The molecule has 74 valence electrons. The van der Waals surface area contributed by atoms with Gasteiger partial charge in [0, 0.05) is 4.47 Å². The van der Waals surface area contributed by atoms with Gasteiger partial charge >= 0.3 is 0 Å². The fourth-order valence-electron chi connectivity index (χ4n) is 1.51. The molecule has 1 aliphatic heterocycles. The first-order chi connectivity index (χ1) is 6.70. The van der Waals surface area contributed by atoms with Crippen molar-refractivity contribution < 1.29 is 4.79 Å². The number of carbonyl (C=O) groups excluding carboxylic acids is 1. The van der Waals surface area contributed by atoms with Gasteiger partial charge in [-0.1, -0.05) is 22.9 Å². The lowest BCUT2D eigenvalue weighted by atomic mass is 10.1. The number of rotatable bonds is 1. The second-order valence-corrected chi connectivity index (χ2v) is 4.20. The first-order valence-electron chi connectivity index (χ1n) is 4.57. The van der Waals surface area contributed by atoms with Gasteiger partial charge in [-0.2, -0.15) is 0 Å². The first kappa shape index (κ1) is 9.52. The molecule has 0 aromatic heterocycles. The van der Waals surface area contributed by atoms with E-state index < -0.39 is 0 Å². The number of anilines is 2. The molecule has 0 fully saturated rings. The zero-order valence-corrected chi connectivity index (χ0v) is 9.39. The summed E-state index contributed by atoms with van der Waals surface area (Å²) in [6, 6.07) is 5.65. The number of benzene rings is 1. The van der Waals surface area contributed by atoms with Gasteiger partial charge in [0.2, 0.25) is 5.91 Å². The Morgan fingerprint density at radius 1 is 1.43 bits per heavy atom. The largest absolute Gasteiger partial charge is 0.372 e. The van der Waals surface area contributed by atoms with Gasteiger partial charge in [0.15, 0.2) is 0 Å². The van der Waals surface area contributed by atoms with E-state index in [2.05, 4.69) is 26.6 Å². The predicted octanol–water partition coefficient (Wildman–Crippen LogP) is 2.59. The van der Waals surface area contributed by atoms with Crippen LogP contribution in [0.2, 0.25) is 0 Å². The van der Waals surface area contributed by atoms with Crippen LogP contribution in [-0.2, 0) is 4.79 Å². The Bertz CT molecular complexity index is 378. The average molecular weight is 255 g/mol. The van der Waals surface area contributed by atoms with Crippen LogP contribution in [0.3, 0.4) is 0 Å². The molecule has 1 atom stereocenters. The number of fused-ring (bicyclic) bond motifs is 1. The summed E-state index contributed by atoms with van der Waals surface area (Å²) < 4.78 is 1.01. The maximum Gasteiger partial charge on any atom is 0.246 e. The number of hydrogen-bond donors (Lipinski definition) is 2. The van der Waals surface area contributed by atoms with Gasteiger partial charge in [-0.25, -0.2) is 0 Å². The van der Waals surface area contributed by atoms with Crippen molar-refractivity contribution in [2.24, 2.45) is 0 Å². The Hall–Kier alpha value is -1.03. The van der Waals surface area contributed by atoms with Crippen molar-refractivity contribution in [1.82, 2.24) is 0 Å². The molecule has 0 radical (unpaired) electrons. The van der Waals surface area contributed by atoms with Crippen LogP contribution in [0.1, 0.15) is 13.3 Å². The van der Waals surface area contributed by atoms with Gasteiger partial charge in [0.05, 0.1) is 11.4 Å². The third-order valence-corrected chi connectivity index (χ3v) is 2.79. The molecule has 1 heterocycles. The minimum Gasteiger partial charge on any atom is -0.372 e. The molecule has 0 aliphatic carbocycles. The van der Waals surface area contributed by atoms with E-state index in [-0.39, 0.29) is 11.9 Å². The molecule has 0 unspecified atom stereocenters. The molecule has 1 aliphatic rings. The van der Waals surface area contributed by atoms with Crippen LogP contribution in [0, 0.1) is 0 Å². The molecular weight excluding hydrogens is 244 g/mol. The van der Waals surface area contributed by atoms with Gasteiger partial charge < -0.3 is 10.6 Å². The van der Waals surface area contributed by atoms with Gasteiger partial charge in [-0.05, 0) is 24.6 Å². The van der Waals surface area contributed by atoms with Gasteiger partial charge in [0.25, 0.3) is 0 Å². The van der Waals surface area contributed by atoms with Crippen molar-refractivity contribution in [2.75, 3.05) is 10.6 Å². The van der Waals surface area contributed by atoms with E-state index >= 15 is 0 Å². The standard InChI is InChI=1S/C10H11BrN2O/c1-2-7-10(14)13-8-4-3-6(11)5-9(8)12-7/h3-5,7,12H,2H2,1H3,(H,13,14)/t7-/m0/s1. The molecule has 1 aromatic rings. The van der Waals surface area contributed by atoms with Crippen molar-refractivity contribution in [3.8, 4) is 0 Å². The molecule has 0 saturated carbocycles. The number of amides is 1. The van der Waals surface area contributed by atoms with E-state index in [9.17, 15) is 4.79 Å². The van der Waals surface area contributed by atoms with Crippen molar-refractivity contribution in [2.45, 2.75) is 19.4 Å². The Morgan fingerprint density at radius 2 is 2.21 bits per heavy atom. The van der Waals surface area contributed by atoms with Crippen LogP contribution >= 0.6 is 15.9 Å². The molecule has 14 heavy (non-hydrogen) atoms. The normalized spacial score (nSPS) is 19.6. The monoisotopic (exact) mass is 254 g/mol. The summed E-state index contributed by atoms with van der Waals surface area (Å²) >= 11 is 3.39. The fourth-order valence-corrected chi connectivity index (χ4v) is 1.87. The van der Waals surface area contributed by atoms with Crippen molar-refractivity contribution in [3.05, 3.63) is 22.7 Å². The van der Waals surface area contributed by atoms with Gasteiger partial charge in [-0.15, -0.1) is 0 Å². The fraction of sp³-hybridized carbons (Fsp3) is 0.300. The summed E-state index contributed by atoms with van der Waals surface area (Å²) in [7, 11) is 0. The maximum atomic E-state index is 11.5. The summed E-state index contributed by atoms with van der Waals surface area (Å²) in [5.74, 6) is 0.0438. The minimum atomic E-state index is -0.114. The molecule has 3 nitrogen and oxygen atoms in total. The highest BCUT2D eigenvalue weighted by Crippen LogP contribution is 2.30. The summed E-state index contributed by atoms with van der Waals surface area (Å²) in [4.78, 5) is 11.5. The summed E-state index contributed by atoms with van der Waals surface area (Å²) in [6.45, 7) is 1.99. The van der Waals surface area contributed by atoms with Crippen molar-refractivity contribution >= 4 is 33.2 Å². The van der Waals surface area contributed by atoms with E-state index in [0.29, 0.717) is 0 Å². The lowest BCUT2D eigenvalue weighted by molar-refractivity contribution is -0.117. The van der Waals surface area contributed by atoms with Gasteiger partial charge in [0.1, 0.15) is 6.04 Å². The second-order valence-electron chi connectivity index (χ2n) is 3.28. The van der Waals surface area contributed by atoms with Crippen LogP contribution in [0.15, 0.2) is 22.7 Å². The number of nitrogens with one attached hydrogen (secondary N) is 2. The molecule has 4 heteroatoms. The highest BCUT2D eigenvalue weighted by Gasteiger charge is 2.23. The average Bonchev–Trinajstić information content (AvgIpc) is 2.17. The molecule has 1 aromatic carbocycles. The highest BCUT2D eigenvalue weighted by atomic mass is 79.9. The van der Waals surface area contributed by atoms with Crippen LogP contribution in [0.4, 0.5) is 11.4 Å². The van der Waals surface area contributed by atoms with E-state index in [0.717, 1.165) is 22.3 Å². The molecular formula is C10H11BrN2O. The number of halogens is 1. The molecule has 0 spiro atoms. The quantitative estimate of drug-likeness (QED) is 0.809. The SMILES string of the molecule is CC[C@@H]1Nc2cc(Br)ccc2NC1=O. The Kier molecular flexibility index (Phi) is 2.46. The minimum absolute atomic E-state index is 0.0438. The summed E-state index contributed by atoms with van der Waals surface area (Å²) in [5, 5.41) is 6.06. The first-order valence-corrected chi connectivity index (χ1v) is 5.37. The Morgan fingerprint density at radius 3 is 2.93 bits per heavy atom. The van der Waals surface area contributed by atoms with Crippen LogP contribution in [0.5, 0.6) is 0 Å². The molecule has 2 rings (SSSR count). The molecule has 0 bridgehead atoms. The van der Waals surface area contributed by atoms with Gasteiger partial charge in [-0.3, -0.25) is 4.79 Å². The van der Waals surface area contributed by atoms with E-state index in [4.69, 9.17) is 0 Å². The molecule has 1 amide bonds. The Balaban J connectivity index is 2.36. The smallest absolute Gasteiger partial charge is 0.246 e.